The number of hydrogen-bond acceptors (Lipinski definition) is 2. The zero-order valence-electron chi connectivity index (χ0n) is 31.0. The molecule has 1 aliphatic carbocycles. The van der Waals surface area contributed by atoms with E-state index in [0.717, 1.165) is 34.1 Å². The van der Waals surface area contributed by atoms with Crippen molar-refractivity contribution in [2.75, 3.05) is 9.80 Å². The first-order chi connectivity index (χ1) is 27.0. The Kier molecular flexibility index (Phi) is 7.85. The normalized spacial score (nSPS) is 12.7. The van der Waals surface area contributed by atoms with E-state index in [1.807, 2.05) is 0 Å². The first kappa shape index (κ1) is 32.7. The summed E-state index contributed by atoms with van der Waals surface area (Å²) in [4.78, 5) is 4.89. The minimum absolute atomic E-state index is 0.280. The molecule has 0 aromatic heterocycles. The molecular formula is C53H40N2. The van der Waals surface area contributed by atoms with E-state index in [2.05, 4.69) is 230 Å². The number of anilines is 6. The van der Waals surface area contributed by atoms with Gasteiger partial charge in [0.05, 0.1) is 5.69 Å². The SMILES string of the molecule is CC1(C)c2cc(-c3ccccc3)ccc2-c2c(N(c3ccccc3)c3ccc4ccccc4c3)cc(N(c3ccccc3)c3ccc4ccccc4c3)cc21. The first-order valence-electron chi connectivity index (χ1n) is 19.1. The maximum absolute atomic E-state index is 2.47. The molecule has 0 radical (unpaired) electrons. The third-order valence-electron chi connectivity index (χ3n) is 11.4. The van der Waals surface area contributed by atoms with Gasteiger partial charge < -0.3 is 9.80 Å². The Morgan fingerprint density at radius 2 is 0.836 bits per heavy atom. The van der Waals surface area contributed by atoms with Crippen molar-refractivity contribution in [1.82, 2.24) is 0 Å². The van der Waals surface area contributed by atoms with Crippen molar-refractivity contribution in [3.63, 3.8) is 0 Å². The summed E-state index contributed by atoms with van der Waals surface area (Å²) in [5, 5.41) is 4.88. The van der Waals surface area contributed by atoms with Crippen LogP contribution in [0.4, 0.5) is 34.1 Å². The van der Waals surface area contributed by atoms with Gasteiger partial charge in [-0.3, -0.25) is 0 Å². The summed E-state index contributed by atoms with van der Waals surface area (Å²) in [5.74, 6) is 0. The molecule has 0 saturated carbocycles. The molecule has 9 aromatic rings. The van der Waals surface area contributed by atoms with Crippen molar-refractivity contribution in [3.05, 3.63) is 217 Å². The quantitative estimate of drug-likeness (QED) is 0.163. The van der Waals surface area contributed by atoms with Crippen LogP contribution >= 0.6 is 0 Å². The fourth-order valence-corrected chi connectivity index (χ4v) is 8.59. The van der Waals surface area contributed by atoms with E-state index in [1.165, 1.54) is 54.9 Å². The highest BCUT2D eigenvalue weighted by molar-refractivity contribution is 6.00. The van der Waals surface area contributed by atoms with Crippen LogP contribution in [0.25, 0.3) is 43.8 Å². The van der Waals surface area contributed by atoms with E-state index in [1.54, 1.807) is 0 Å². The van der Waals surface area contributed by atoms with E-state index >= 15 is 0 Å². The molecule has 0 bridgehead atoms. The molecule has 0 amide bonds. The van der Waals surface area contributed by atoms with Crippen LogP contribution in [0.5, 0.6) is 0 Å². The standard InChI is InChI=1S/C53H40N2/c1-53(2)49-34-42(37-16-6-3-7-17-37)28-31-48(49)52-50(53)35-47(54(43-22-8-4-9-23-43)45-29-26-38-18-12-14-20-40(38)32-45)36-51(52)55(44-24-10-5-11-25-44)46-30-27-39-19-13-15-21-41(39)33-46/h3-36H,1-2H3. The van der Waals surface area contributed by atoms with Gasteiger partial charge in [-0.15, -0.1) is 0 Å². The van der Waals surface area contributed by atoms with Crippen LogP contribution in [0.3, 0.4) is 0 Å². The third kappa shape index (κ3) is 5.66. The summed E-state index contributed by atoms with van der Waals surface area (Å²) in [6.45, 7) is 4.79. The molecule has 0 saturated heterocycles. The van der Waals surface area contributed by atoms with Gasteiger partial charge in [-0.2, -0.15) is 0 Å². The van der Waals surface area contributed by atoms with Gasteiger partial charge in [0.15, 0.2) is 0 Å². The summed E-state index contributed by atoms with van der Waals surface area (Å²) in [6, 6.07) is 75.3. The Hall–Kier alpha value is -6.90. The predicted molar refractivity (Wildman–Crippen MR) is 234 cm³/mol. The topological polar surface area (TPSA) is 6.48 Å². The second-order valence-electron chi connectivity index (χ2n) is 15.0. The highest BCUT2D eigenvalue weighted by atomic mass is 15.2. The molecule has 0 atom stereocenters. The van der Waals surface area contributed by atoms with Gasteiger partial charge in [0, 0.05) is 39.4 Å². The lowest BCUT2D eigenvalue weighted by atomic mass is 9.81. The molecule has 2 nitrogen and oxygen atoms in total. The van der Waals surface area contributed by atoms with Crippen molar-refractivity contribution in [3.8, 4) is 22.3 Å². The Balaban J connectivity index is 1.28. The average molecular weight is 705 g/mol. The van der Waals surface area contributed by atoms with Crippen LogP contribution < -0.4 is 9.80 Å². The van der Waals surface area contributed by atoms with E-state index in [9.17, 15) is 0 Å². The number of hydrogen-bond donors (Lipinski definition) is 0. The molecule has 0 spiro atoms. The van der Waals surface area contributed by atoms with Crippen LogP contribution in [-0.2, 0) is 5.41 Å². The molecule has 2 heteroatoms. The van der Waals surface area contributed by atoms with E-state index in [0.29, 0.717) is 0 Å². The molecule has 0 aliphatic heterocycles. The average Bonchev–Trinajstić information content (AvgIpc) is 3.47. The summed E-state index contributed by atoms with van der Waals surface area (Å²) >= 11 is 0. The van der Waals surface area contributed by atoms with Gasteiger partial charge in [-0.25, -0.2) is 0 Å². The maximum atomic E-state index is 2.47. The van der Waals surface area contributed by atoms with Gasteiger partial charge in [0.2, 0.25) is 0 Å². The predicted octanol–water partition coefficient (Wildman–Crippen LogP) is 14.9. The molecule has 0 fully saturated rings. The van der Waals surface area contributed by atoms with Crippen molar-refractivity contribution in [2.45, 2.75) is 19.3 Å². The highest BCUT2D eigenvalue weighted by Crippen LogP contribution is 2.57. The lowest BCUT2D eigenvalue weighted by Crippen LogP contribution is -2.18. The first-order valence-corrected chi connectivity index (χ1v) is 19.1. The summed E-state index contributed by atoms with van der Waals surface area (Å²) in [7, 11) is 0. The summed E-state index contributed by atoms with van der Waals surface area (Å²) in [5.41, 5.74) is 14.1. The Bertz CT molecular complexity index is 2840. The van der Waals surface area contributed by atoms with Crippen molar-refractivity contribution < 1.29 is 0 Å². The minimum atomic E-state index is -0.280. The molecule has 9 aromatic carbocycles. The molecule has 1 aliphatic rings. The second-order valence-corrected chi connectivity index (χ2v) is 15.0. The molecule has 10 rings (SSSR count). The van der Waals surface area contributed by atoms with Crippen LogP contribution in [0.15, 0.2) is 206 Å². The van der Waals surface area contributed by atoms with Gasteiger partial charge in [-0.05, 0) is 116 Å². The van der Waals surface area contributed by atoms with Crippen molar-refractivity contribution in [1.29, 1.82) is 0 Å². The Morgan fingerprint density at radius 3 is 1.44 bits per heavy atom. The van der Waals surface area contributed by atoms with Crippen LogP contribution in [-0.4, -0.2) is 0 Å². The van der Waals surface area contributed by atoms with Crippen molar-refractivity contribution >= 4 is 55.7 Å². The number of fused-ring (bicyclic) bond motifs is 5. The van der Waals surface area contributed by atoms with Gasteiger partial charge in [0.25, 0.3) is 0 Å². The van der Waals surface area contributed by atoms with E-state index < -0.39 is 0 Å². The fourth-order valence-electron chi connectivity index (χ4n) is 8.59. The number of nitrogens with zero attached hydrogens (tertiary/aromatic N) is 2. The smallest absolute Gasteiger partial charge is 0.0564 e. The third-order valence-corrected chi connectivity index (χ3v) is 11.4. The highest BCUT2D eigenvalue weighted by Gasteiger charge is 2.39. The van der Waals surface area contributed by atoms with E-state index in [-0.39, 0.29) is 5.41 Å². The van der Waals surface area contributed by atoms with Crippen molar-refractivity contribution in [2.24, 2.45) is 0 Å². The van der Waals surface area contributed by atoms with Crippen LogP contribution in [0.1, 0.15) is 25.0 Å². The Labute approximate surface area is 323 Å². The number of rotatable bonds is 7. The maximum Gasteiger partial charge on any atom is 0.0564 e. The van der Waals surface area contributed by atoms with Gasteiger partial charge in [0.1, 0.15) is 0 Å². The van der Waals surface area contributed by atoms with Gasteiger partial charge in [-0.1, -0.05) is 153 Å². The molecule has 0 heterocycles. The molecule has 0 unspecified atom stereocenters. The van der Waals surface area contributed by atoms with E-state index in [4.69, 9.17) is 0 Å². The second kappa shape index (κ2) is 13.2. The number of para-hydroxylation sites is 2. The zero-order chi connectivity index (χ0) is 36.9. The monoisotopic (exact) mass is 704 g/mol. The lowest BCUT2D eigenvalue weighted by molar-refractivity contribution is 0.660. The van der Waals surface area contributed by atoms with Gasteiger partial charge >= 0.3 is 0 Å². The largest absolute Gasteiger partial charge is 0.310 e. The lowest BCUT2D eigenvalue weighted by Gasteiger charge is -2.33. The molecule has 55 heavy (non-hydrogen) atoms. The summed E-state index contributed by atoms with van der Waals surface area (Å²) < 4.78 is 0. The fraction of sp³-hybridized carbons (Fsp3) is 0.0566. The number of benzene rings is 9. The molecule has 262 valence electrons. The summed E-state index contributed by atoms with van der Waals surface area (Å²) in [6.07, 6.45) is 0. The molecular weight excluding hydrogens is 665 g/mol. The zero-order valence-corrected chi connectivity index (χ0v) is 31.0. The van der Waals surface area contributed by atoms with Crippen LogP contribution in [0, 0.1) is 0 Å². The van der Waals surface area contributed by atoms with Crippen LogP contribution in [0.2, 0.25) is 0 Å². The molecule has 0 N–H and O–H groups in total. The Morgan fingerprint density at radius 1 is 0.327 bits per heavy atom. The minimum Gasteiger partial charge on any atom is -0.310 e.